The molecule has 0 aromatic heterocycles. The first-order valence-electron chi connectivity index (χ1n) is 7.30. The lowest BCUT2D eigenvalue weighted by atomic mass is 9.93. The van der Waals surface area contributed by atoms with Crippen molar-refractivity contribution in [1.29, 1.82) is 0 Å². The van der Waals surface area contributed by atoms with Gasteiger partial charge < -0.3 is 10.5 Å². The van der Waals surface area contributed by atoms with Crippen LogP contribution in [-0.2, 0) is 15.1 Å². The number of esters is 1. The van der Waals surface area contributed by atoms with E-state index in [0.717, 1.165) is 5.56 Å². The predicted octanol–water partition coefficient (Wildman–Crippen LogP) is 3.08. The average Bonchev–Trinajstić information content (AvgIpc) is 2.99. The molecule has 1 aromatic rings. The Bertz CT molecular complexity index is 431. The highest BCUT2D eigenvalue weighted by molar-refractivity contribution is 8.00. The van der Waals surface area contributed by atoms with Crippen LogP contribution in [0.5, 0.6) is 0 Å². The smallest absolute Gasteiger partial charge is 0.331 e. The van der Waals surface area contributed by atoms with Crippen molar-refractivity contribution in [3.63, 3.8) is 0 Å². The van der Waals surface area contributed by atoms with Gasteiger partial charge >= 0.3 is 5.97 Å². The van der Waals surface area contributed by atoms with E-state index in [0.29, 0.717) is 17.6 Å². The Morgan fingerprint density at radius 2 is 2.00 bits per heavy atom. The number of hydrogen-bond donors (Lipinski definition) is 1. The molecule has 2 N–H and O–H groups in total. The Balaban J connectivity index is 2.12. The first-order chi connectivity index (χ1) is 9.66. The van der Waals surface area contributed by atoms with Crippen molar-refractivity contribution in [2.75, 3.05) is 12.4 Å². The molecule has 0 aliphatic heterocycles. The van der Waals surface area contributed by atoms with Gasteiger partial charge in [-0.2, -0.15) is 11.8 Å². The quantitative estimate of drug-likeness (QED) is 0.819. The first kappa shape index (κ1) is 15.4. The normalized spacial score (nSPS) is 18.7. The maximum atomic E-state index is 12.3. The largest absolute Gasteiger partial charge is 0.464 e. The molecule has 0 bridgehead atoms. The molecule has 1 aliphatic carbocycles. The summed E-state index contributed by atoms with van der Waals surface area (Å²) in [6, 6.07) is 9.57. The highest BCUT2D eigenvalue weighted by atomic mass is 32.2. The molecule has 0 amide bonds. The van der Waals surface area contributed by atoms with Crippen LogP contribution in [-0.4, -0.2) is 23.6 Å². The number of benzene rings is 1. The van der Waals surface area contributed by atoms with Gasteiger partial charge in [0.25, 0.3) is 0 Å². The van der Waals surface area contributed by atoms with E-state index >= 15 is 0 Å². The third kappa shape index (κ3) is 3.55. The van der Waals surface area contributed by atoms with Crippen LogP contribution >= 0.6 is 11.8 Å². The fourth-order valence-corrected chi connectivity index (χ4v) is 4.01. The minimum absolute atomic E-state index is 0.323. The Morgan fingerprint density at radius 1 is 1.35 bits per heavy atom. The lowest BCUT2D eigenvalue weighted by Crippen LogP contribution is -2.48. The van der Waals surface area contributed by atoms with Gasteiger partial charge in [0.1, 0.15) is 5.54 Å². The van der Waals surface area contributed by atoms with E-state index in [9.17, 15) is 4.79 Å². The van der Waals surface area contributed by atoms with Crippen LogP contribution < -0.4 is 5.73 Å². The lowest BCUT2D eigenvalue weighted by molar-refractivity contribution is -0.149. The van der Waals surface area contributed by atoms with Gasteiger partial charge in [-0.05, 0) is 25.3 Å². The zero-order valence-corrected chi connectivity index (χ0v) is 12.8. The Hall–Kier alpha value is -1.00. The molecule has 1 aliphatic rings. The van der Waals surface area contributed by atoms with Crippen LogP contribution in [0.25, 0.3) is 0 Å². The van der Waals surface area contributed by atoms with Crippen molar-refractivity contribution in [3.8, 4) is 0 Å². The predicted molar refractivity (Wildman–Crippen MR) is 83.7 cm³/mol. The van der Waals surface area contributed by atoms with Gasteiger partial charge in [-0.15, -0.1) is 0 Å². The van der Waals surface area contributed by atoms with E-state index in [1.807, 2.05) is 49.0 Å². The molecule has 110 valence electrons. The first-order valence-corrected chi connectivity index (χ1v) is 8.35. The van der Waals surface area contributed by atoms with Crippen LogP contribution in [0.3, 0.4) is 0 Å². The van der Waals surface area contributed by atoms with Crippen LogP contribution in [0.2, 0.25) is 0 Å². The number of carbonyl (C=O) groups is 1. The molecule has 3 nitrogen and oxygen atoms in total. The van der Waals surface area contributed by atoms with Gasteiger partial charge in [0, 0.05) is 11.0 Å². The molecule has 2 rings (SSSR count). The number of carbonyl (C=O) groups excluding carboxylic acids is 1. The van der Waals surface area contributed by atoms with Gasteiger partial charge in [-0.1, -0.05) is 43.2 Å². The maximum absolute atomic E-state index is 12.3. The molecule has 0 heterocycles. The van der Waals surface area contributed by atoms with Crippen LogP contribution in [0.15, 0.2) is 30.3 Å². The van der Waals surface area contributed by atoms with Crippen LogP contribution in [0.4, 0.5) is 0 Å². The van der Waals surface area contributed by atoms with Gasteiger partial charge in [0.05, 0.1) is 6.61 Å². The third-order valence-corrected chi connectivity index (χ3v) is 5.34. The fourth-order valence-electron chi connectivity index (χ4n) is 2.56. The summed E-state index contributed by atoms with van der Waals surface area (Å²) >= 11 is 1.81. The van der Waals surface area contributed by atoms with E-state index in [1.165, 1.54) is 25.7 Å². The molecule has 4 heteroatoms. The van der Waals surface area contributed by atoms with Crippen molar-refractivity contribution in [3.05, 3.63) is 35.9 Å². The van der Waals surface area contributed by atoms with Crippen LogP contribution in [0, 0.1) is 0 Å². The number of ether oxygens (including phenoxy) is 1. The Kier molecular flexibility index (Phi) is 5.49. The molecule has 0 spiro atoms. The Labute approximate surface area is 125 Å². The van der Waals surface area contributed by atoms with Crippen molar-refractivity contribution in [2.24, 2.45) is 5.73 Å². The van der Waals surface area contributed by atoms with Gasteiger partial charge in [-0.3, -0.25) is 0 Å². The minimum atomic E-state index is -1.04. The summed E-state index contributed by atoms with van der Waals surface area (Å²) in [5, 5.41) is 0.635. The third-order valence-electron chi connectivity index (χ3n) is 3.78. The van der Waals surface area contributed by atoms with Crippen LogP contribution in [0.1, 0.15) is 38.2 Å². The zero-order chi connectivity index (χ0) is 14.4. The number of rotatable bonds is 6. The summed E-state index contributed by atoms with van der Waals surface area (Å²) in [7, 11) is 0. The van der Waals surface area contributed by atoms with E-state index < -0.39 is 5.54 Å². The number of thioether (sulfide) groups is 1. The summed E-state index contributed by atoms with van der Waals surface area (Å²) in [4.78, 5) is 12.3. The maximum Gasteiger partial charge on any atom is 0.331 e. The van der Waals surface area contributed by atoms with Crippen molar-refractivity contribution in [1.82, 2.24) is 0 Å². The van der Waals surface area contributed by atoms with Gasteiger partial charge in [0.2, 0.25) is 0 Å². The summed E-state index contributed by atoms with van der Waals surface area (Å²) in [6.45, 7) is 2.17. The molecule has 0 saturated heterocycles. The topological polar surface area (TPSA) is 52.3 Å². The van der Waals surface area contributed by atoms with Crippen molar-refractivity contribution >= 4 is 17.7 Å². The molecule has 1 saturated carbocycles. The zero-order valence-electron chi connectivity index (χ0n) is 12.0. The average molecular weight is 293 g/mol. The van der Waals surface area contributed by atoms with E-state index in [1.54, 1.807) is 0 Å². The number of hydrogen-bond acceptors (Lipinski definition) is 4. The molecule has 1 aromatic carbocycles. The van der Waals surface area contributed by atoms with Gasteiger partial charge in [0.15, 0.2) is 0 Å². The van der Waals surface area contributed by atoms with E-state index in [2.05, 4.69) is 0 Å². The SMILES string of the molecule is CCOC(=O)C(N)(CSC1CCCC1)c1ccccc1. The highest BCUT2D eigenvalue weighted by Gasteiger charge is 2.38. The standard InChI is InChI=1S/C16H23NO2S/c1-2-19-15(18)16(17,13-8-4-3-5-9-13)12-20-14-10-6-7-11-14/h3-5,8-9,14H,2,6-7,10-12,17H2,1H3. The summed E-state index contributed by atoms with van der Waals surface area (Å²) in [5.74, 6) is 0.261. The summed E-state index contributed by atoms with van der Waals surface area (Å²) < 4.78 is 5.20. The summed E-state index contributed by atoms with van der Waals surface area (Å²) in [5.41, 5.74) is 6.23. The molecule has 1 atom stereocenters. The second-order valence-electron chi connectivity index (χ2n) is 5.28. The minimum Gasteiger partial charge on any atom is -0.464 e. The Morgan fingerprint density at radius 3 is 2.60 bits per heavy atom. The molecular weight excluding hydrogens is 270 g/mol. The second-order valence-corrected chi connectivity index (χ2v) is 6.56. The van der Waals surface area contributed by atoms with Crippen molar-refractivity contribution < 1.29 is 9.53 Å². The molecular formula is C16H23NO2S. The summed E-state index contributed by atoms with van der Waals surface area (Å²) in [6.07, 6.45) is 5.05. The van der Waals surface area contributed by atoms with Crippen molar-refractivity contribution in [2.45, 2.75) is 43.4 Å². The lowest BCUT2D eigenvalue weighted by Gasteiger charge is -2.28. The fraction of sp³-hybridized carbons (Fsp3) is 0.562. The van der Waals surface area contributed by atoms with E-state index in [-0.39, 0.29) is 5.97 Å². The number of nitrogens with two attached hydrogens (primary N) is 1. The van der Waals surface area contributed by atoms with E-state index in [4.69, 9.17) is 10.5 Å². The molecule has 1 unspecified atom stereocenters. The second kappa shape index (κ2) is 7.14. The molecule has 20 heavy (non-hydrogen) atoms. The molecule has 1 fully saturated rings. The highest BCUT2D eigenvalue weighted by Crippen LogP contribution is 2.34. The molecule has 0 radical (unpaired) electrons. The monoisotopic (exact) mass is 293 g/mol. The van der Waals surface area contributed by atoms with Gasteiger partial charge in [-0.25, -0.2) is 4.79 Å².